The first-order chi connectivity index (χ1) is 6.49. The van der Waals surface area contributed by atoms with E-state index in [1.807, 2.05) is 13.8 Å². The summed E-state index contributed by atoms with van der Waals surface area (Å²) in [6, 6.07) is 2.53. The van der Waals surface area contributed by atoms with E-state index in [0.29, 0.717) is 18.0 Å². The summed E-state index contributed by atoms with van der Waals surface area (Å²) in [5.74, 6) is -0.320. The van der Waals surface area contributed by atoms with Crippen LogP contribution in [0, 0.1) is 11.9 Å². The van der Waals surface area contributed by atoms with Gasteiger partial charge in [0.25, 0.3) is 0 Å². The van der Waals surface area contributed by atoms with Crippen molar-refractivity contribution in [1.29, 1.82) is 0 Å². The van der Waals surface area contributed by atoms with Gasteiger partial charge in [-0.05, 0) is 29.9 Å². The average Bonchev–Trinajstić information content (AvgIpc) is 2.01. The van der Waals surface area contributed by atoms with Crippen LogP contribution in [-0.2, 0) is 6.42 Å². The van der Waals surface area contributed by atoms with Crippen molar-refractivity contribution in [3.05, 3.63) is 23.8 Å². The number of rotatable bonds is 3. The van der Waals surface area contributed by atoms with Crippen molar-refractivity contribution in [2.75, 3.05) is 0 Å². The Morgan fingerprint density at radius 1 is 1.43 bits per heavy atom. The third-order valence-electron chi connectivity index (χ3n) is 1.78. The fourth-order valence-electron chi connectivity index (χ4n) is 1.25. The minimum atomic E-state index is -1.64. The molecule has 0 aromatic carbocycles. The summed E-state index contributed by atoms with van der Waals surface area (Å²) < 4.78 is 12.9. The zero-order chi connectivity index (χ0) is 10.7. The molecule has 0 aliphatic rings. The van der Waals surface area contributed by atoms with Crippen molar-refractivity contribution >= 4 is 12.6 Å². The minimum absolute atomic E-state index is 0.146. The first kappa shape index (κ1) is 11.1. The van der Waals surface area contributed by atoms with Gasteiger partial charge in [-0.1, -0.05) is 13.8 Å². The fourth-order valence-corrected chi connectivity index (χ4v) is 1.25. The maximum atomic E-state index is 12.9. The third kappa shape index (κ3) is 3.08. The molecule has 0 saturated heterocycles. The van der Waals surface area contributed by atoms with Crippen molar-refractivity contribution < 1.29 is 14.4 Å². The number of nitrogens with zero attached hydrogens (tertiary/aromatic N) is 1. The standard InChI is InChI=1S/C9H13BFNO2/c1-6(2)3-8-4-7(10(13)14)5-9(11)12-8/h4-6,13-14H,3H2,1-2H3. The lowest BCUT2D eigenvalue weighted by Crippen LogP contribution is -2.31. The maximum Gasteiger partial charge on any atom is 0.488 e. The van der Waals surface area contributed by atoms with Gasteiger partial charge in [-0.3, -0.25) is 0 Å². The Morgan fingerprint density at radius 3 is 2.57 bits per heavy atom. The fraction of sp³-hybridized carbons (Fsp3) is 0.444. The van der Waals surface area contributed by atoms with Gasteiger partial charge in [0.15, 0.2) is 0 Å². The van der Waals surface area contributed by atoms with E-state index in [4.69, 9.17) is 10.0 Å². The average molecular weight is 197 g/mol. The first-order valence-corrected chi connectivity index (χ1v) is 4.51. The van der Waals surface area contributed by atoms with E-state index >= 15 is 0 Å². The Balaban J connectivity index is 2.95. The molecule has 1 aromatic heterocycles. The van der Waals surface area contributed by atoms with Crippen LogP contribution in [0.5, 0.6) is 0 Å². The van der Waals surface area contributed by atoms with Crippen LogP contribution in [0.25, 0.3) is 0 Å². The van der Waals surface area contributed by atoms with Crippen molar-refractivity contribution in [2.24, 2.45) is 5.92 Å². The molecule has 0 unspecified atom stereocenters. The highest BCUT2D eigenvalue weighted by Crippen LogP contribution is 2.04. The van der Waals surface area contributed by atoms with Crippen molar-refractivity contribution in [3.8, 4) is 0 Å². The molecule has 0 spiro atoms. The first-order valence-electron chi connectivity index (χ1n) is 4.51. The smallest absolute Gasteiger partial charge is 0.423 e. The number of hydrogen-bond donors (Lipinski definition) is 2. The second-order valence-electron chi connectivity index (χ2n) is 3.69. The molecule has 1 aromatic rings. The summed E-state index contributed by atoms with van der Waals surface area (Å²) >= 11 is 0. The largest absolute Gasteiger partial charge is 0.488 e. The lowest BCUT2D eigenvalue weighted by Gasteiger charge is -2.06. The van der Waals surface area contributed by atoms with Crippen LogP contribution in [0.2, 0.25) is 0 Å². The van der Waals surface area contributed by atoms with Crippen molar-refractivity contribution in [1.82, 2.24) is 4.98 Å². The molecule has 5 heteroatoms. The molecule has 0 radical (unpaired) electrons. The van der Waals surface area contributed by atoms with E-state index in [0.717, 1.165) is 6.07 Å². The quantitative estimate of drug-likeness (QED) is 0.533. The predicted molar refractivity (Wildman–Crippen MR) is 52.6 cm³/mol. The summed E-state index contributed by atoms with van der Waals surface area (Å²) in [5, 5.41) is 17.7. The molecule has 0 fully saturated rings. The number of aromatic nitrogens is 1. The summed E-state index contributed by atoms with van der Waals surface area (Å²) in [4.78, 5) is 3.67. The van der Waals surface area contributed by atoms with Gasteiger partial charge in [0, 0.05) is 5.69 Å². The normalized spacial score (nSPS) is 10.7. The summed E-state index contributed by atoms with van der Waals surface area (Å²) in [5.41, 5.74) is 0.691. The van der Waals surface area contributed by atoms with Crippen LogP contribution in [-0.4, -0.2) is 22.2 Å². The van der Waals surface area contributed by atoms with E-state index < -0.39 is 13.1 Å². The molecule has 1 heterocycles. The molecule has 0 amide bonds. The van der Waals surface area contributed by atoms with Gasteiger partial charge in [0.1, 0.15) is 0 Å². The Labute approximate surface area is 82.8 Å². The van der Waals surface area contributed by atoms with Gasteiger partial charge >= 0.3 is 7.12 Å². The topological polar surface area (TPSA) is 53.4 Å². The van der Waals surface area contributed by atoms with Crippen LogP contribution in [0.15, 0.2) is 12.1 Å². The van der Waals surface area contributed by atoms with Gasteiger partial charge < -0.3 is 10.0 Å². The summed E-state index contributed by atoms with van der Waals surface area (Å²) in [6.07, 6.45) is 0.622. The molecule has 14 heavy (non-hydrogen) atoms. The van der Waals surface area contributed by atoms with Crippen molar-refractivity contribution in [3.63, 3.8) is 0 Å². The Bertz CT molecular complexity index is 318. The van der Waals surface area contributed by atoms with E-state index in [-0.39, 0.29) is 5.46 Å². The molecule has 0 saturated carbocycles. The summed E-state index contributed by atoms with van der Waals surface area (Å²) in [7, 11) is -1.64. The second kappa shape index (κ2) is 4.53. The molecule has 3 nitrogen and oxygen atoms in total. The van der Waals surface area contributed by atoms with E-state index in [2.05, 4.69) is 4.98 Å². The molecular weight excluding hydrogens is 184 g/mol. The summed E-state index contributed by atoms with van der Waals surface area (Å²) in [6.45, 7) is 3.98. The predicted octanol–water partition coefficient (Wildman–Crippen LogP) is 0.0990. The van der Waals surface area contributed by atoms with Gasteiger partial charge in [0.2, 0.25) is 5.95 Å². The highest BCUT2D eigenvalue weighted by Gasteiger charge is 2.14. The third-order valence-corrected chi connectivity index (χ3v) is 1.78. The molecule has 2 N–H and O–H groups in total. The maximum absolute atomic E-state index is 12.9. The molecule has 0 atom stereocenters. The highest BCUT2D eigenvalue weighted by atomic mass is 19.1. The van der Waals surface area contributed by atoms with E-state index in [1.165, 1.54) is 6.07 Å². The lowest BCUT2D eigenvalue weighted by molar-refractivity contribution is 0.425. The minimum Gasteiger partial charge on any atom is -0.423 e. The highest BCUT2D eigenvalue weighted by molar-refractivity contribution is 6.58. The van der Waals surface area contributed by atoms with E-state index in [1.54, 1.807) is 0 Å². The SMILES string of the molecule is CC(C)Cc1cc(B(O)O)cc(F)n1. The molecule has 1 rings (SSSR count). The molecular formula is C9H13BFNO2. The van der Waals surface area contributed by atoms with Crippen molar-refractivity contribution in [2.45, 2.75) is 20.3 Å². The van der Waals surface area contributed by atoms with Gasteiger partial charge in [-0.2, -0.15) is 4.39 Å². The van der Waals surface area contributed by atoms with Gasteiger partial charge in [-0.25, -0.2) is 4.98 Å². The van der Waals surface area contributed by atoms with Crippen LogP contribution in [0.1, 0.15) is 19.5 Å². The van der Waals surface area contributed by atoms with Crippen LogP contribution in [0.3, 0.4) is 0 Å². The number of hydrogen-bond acceptors (Lipinski definition) is 3. The van der Waals surface area contributed by atoms with E-state index in [9.17, 15) is 4.39 Å². The van der Waals surface area contributed by atoms with Crippen LogP contribution < -0.4 is 5.46 Å². The zero-order valence-corrected chi connectivity index (χ0v) is 8.24. The Hall–Kier alpha value is -0.935. The number of pyridine rings is 1. The molecule has 0 aliphatic heterocycles. The second-order valence-corrected chi connectivity index (χ2v) is 3.69. The molecule has 0 bridgehead atoms. The zero-order valence-electron chi connectivity index (χ0n) is 8.24. The Morgan fingerprint density at radius 2 is 2.07 bits per heavy atom. The van der Waals surface area contributed by atoms with Gasteiger partial charge in [-0.15, -0.1) is 0 Å². The molecule has 76 valence electrons. The Kier molecular flexibility index (Phi) is 3.60. The van der Waals surface area contributed by atoms with Crippen LogP contribution >= 0.6 is 0 Å². The van der Waals surface area contributed by atoms with Crippen LogP contribution in [0.4, 0.5) is 4.39 Å². The lowest BCUT2D eigenvalue weighted by atomic mass is 9.80. The monoisotopic (exact) mass is 197 g/mol. The number of halogens is 1. The van der Waals surface area contributed by atoms with Gasteiger partial charge in [0.05, 0.1) is 0 Å². The molecule has 0 aliphatic carbocycles.